The largest absolute Gasteiger partial charge is 0.444 e. The SMILES string of the molecule is CC(C)(C)OC(=O)NC1CN(c2nc(C=O)ccc2F)C1. The van der Waals surface area contributed by atoms with Gasteiger partial charge in [0.15, 0.2) is 17.9 Å². The molecule has 21 heavy (non-hydrogen) atoms. The van der Waals surface area contributed by atoms with Gasteiger partial charge in [-0.1, -0.05) is 0 Å². The van der Waals surface area contributed by atoms with Crippen LogP contribution in [-0.4, -0.2) is 42.1 Å². The maximum atomic E-state index is 13.7. The van der Waals surface area contributed by atoms with Gasteiger partial charge in [0.05, 0.1) is 6.04 Å². The summed E-state index contributed by atoms with van der Waals surface area (Å²) >= 11 is 0. The van der Waals surface area contributed by atoms with Gasteiger partial charge < -0.3 is 15.0 Å². The number of carbonyl (C=O) groups excluding carboxylic acids is 2. The number of nitrogens with zero attached hydrogens (tertiary/aromatic N) is 2. The van der Waals surface area contributed by atoms with Gasteiger partial charge in [-0.25, -0.2) is 14.2 Å². The van der Waals surface area contributed by atoms with Crippen molar-refractivity contribution in [2.45, 2.75) is 32.4 Å². The van der Waals surface area contributed by atoms with E-state index in [1.807, 2.05) is 0 Å². The molecule has 1 aliphatic rings. The van der Waals surface area contributed by atoms with Crippen LogP contribution in [0, 0.1) is 5.82 Å². The Kier molecular flexibility index (Phi) is 4.11. The Morgan fingerprint density at radius 3 is 2.71 bits per heavy atom. The van der Waals surface area contributed by atoms with Gasteiger partial charge in [0.1, 0.15) is 11.3 Å². The van der Waals surface area contributed by atoms with E-state index in [4.69, 9.17) is 4.74 Å². The number of hydrogen-bond donors (Lipinski definition) is 1. The van der Waals surface area contributed by atoms with Gasteiger partial charge in [-0.2, -0.15) is 0 Å². The van der Waals surface area contributed by atoms with Crippen molar-refractivity contribution < 1.29 is 18.7 Å². The molecule has 1 aromatic heterocycles. The van der Waals surface area contributed by atoms with Crippen LogP contribution in [0.3, 0.4) is 0 Å². The van der Waals surface area contributed by atoms with Crippen LogP contribution in [0.2, 0.25) is 0 Å². The van der Waals surface area contributed by atoms with Crippen molar-refractivity contribution in [1.29, 1.82) is 0 Å². The average molecular weight is 295 g/mol. The van der Waals surface area contributed by atoms with E-state index in [-0.39, 0.29) is 17.6 Å². The Labute approximate surface area is 122 Å². The summed E-state index contributed by atoms with van der Waals surface area (Å²) in [6.07, 6.45) is 0.0707. The second kappa shape index (κ2) is 5.67. The van der Waals surface area contributed by atoms with Crippen LogP contribution in [0.4, 0.5) is 15.0 Å². The lowest BCUT2D eigenvalue weighted by Crippen LogP contribution is -2.60. The molecule has 1 N–H and O–H groups in total. The third kappa shape index (κ3) is 3.90. The lowest BCUT2D eigenvalue weighted by molar-refractivity contribution is 0.0495. The fourth-order valence-electron chi connectivity index (χ4n) is 1.95. The lowest BCUT2D eigenvalue weighted by Gasteiger charge is -2.40. The molecular formula is C14H18FN3O3. The van der Waals surface area contributed by atoms with E-state index in [1.165, 1.54) is 12.1 Å². The molecule has 0 radical (unpaired) electrons. The third-order valence-electron chi connectivity index (χ3n) is 2.87. The maximum absolute atomic E-state index is 13.7. The number of aromatic nitrogens is 1. The summed E-state index contributed by atoms with van der Waals surface area (Å²) < 4.78 is 18.8. The number of nitrogens with one attached hydrogen (secondary N) is 1. The van der Waals surface area contributed by atoms with E-state index >= 15 is 0 Å². The minimum Gasteiger partial charge on any atom is -0.444 e. The van der Waals surface area contributed by atoms with Crippen LogP contribution in [0.1, 0.15) is 31.3 Å². The zero-order valence-electron chi connectivity index (χ0n) is 12.2. The number of alkyl carbamates (subject to hydrolysis) is 1. The summed E-state index contributed by atoms with van der Waals surface area (Å²) in [5.74, 6) is -0.363. The first-order valence-corrected chi connectivity index (χ1v) is 6.64. The van der Waals surface area contributed by atoms with Crippen LogP contribution in [-0.2, 0) is 4.74 Å². The monoisotopic (exact) mass is 295 g/mol. The number of rotatable bonds is 3. The van der Waals surface area contributed by atoms with Crippen molar-refractivity contribution in [2.75, 3.05) is 18.0 Å². The zero-order chi connectivity index (χ0) is 15.6. The fraction of sp³-hybridized carbons (Fsp3) is 0.500. The van der Waals surface area contributed by atoms with E-state index < -0.39 is 17.5 Å². The molecule has 2 rings (SSSR count). The zero-order valence-corrected chi connectivity index (χ0v) is 12.2. The van der Waals surface area contributed by atoms with Crippen LogP contribution in [0.25, 0.3) is 0 Å². The minimum absolute atomic E-state index is 0.124. The first kappa shape index (κ1) is 15.2. The standard InChI is InChI=1S/C14H18FN3O3/c1-14(2,3)21-13(20)17-10-6-18(7-10)12-11(15)5-4-9(8-19)16-12/h4-5,8,10H,6-7H2,1-3H3,(H,17,20). The molecule has 0 bridgehead atoms. The van der Waals surface area contributed by atoms with Gasteiger partial charge in [-0.3, -0.25) is 4.79 Å². The number of aldehydes is 1. The van der Waals surface area contributed by atoms with Crippen LogP contribution in [0.5, 0.6) is 0 Å². The van der Waals surface area contributed by atoms with Gasteiger partial charge >= 0.3 is 6.09 Å². The van der Waals surface area contributed by atoms with Crippen molar-refractivity contribution in [3.63, 3.8) is 0 Å². The van der Waals surface area contributed by atoms with E-state index in [0.717, 1.165) is 0 Å². The van der Waals surface area contributed by atoms with E-state index in [0.29, 0.717) is 19.4 Å². The Balaban J connectivity index is 1.89. The van der Waals surface area contributed by atoms with Crippen LogP contribution < -0.4 is 10.2 Å². The number of ether oxygens (including phenoxy) is 1. The summed E-state index contributed by atoms with van der Waals surface area (Å²) in [4.78, 5) is 27.8. The van der Waals surface area contributed by atoms with Crippen molar-refractivity contribution in [2.24, 2.45) is 0 Å². The first-order valence-electron chi connectivity index (χ1n) is 6.64. The summed E-state index contributed by atoms with van der Waals surface area (Å²) in [6.45, 7) is 6.19. The number of pyridine rings is 1. The maximum Gasteiger partial charge on any atom is 0.407 e. The molecule has 0 aliphatic carbocycles. The highest BCUT2D eigenvalue weighted by molar-refractivity contribution is 5.73. The minimum atomic E-state index is -0.556. The smallest absolute Gasteiger partial charge is 0.407 e. The predicted octanol–water partition coefficient (Wildman–Crippen LogP) is 1.75. The highest BCUT2D eigenvalue weighted by atomic mass is 19.1. The van der Waals surface area contributed by atoms with Crippen LogP contribution in [0.15, 0.2) is 12.1 Å². The molecule has 1 fully saturated rings. The highest BCUT2D eigenvalue weighted by Gasteiger charge is 2.32. The molecule has 0 saturated carbocycles. The van der Waals surface area contributed by atoms with Gasteiger partial charge in [-0.15, -0.1) is 0 Å². The first-order chi connectivity index (χ1) is 9.78. The van der Waals surface area contributed by atoms with Crippen molar-refractivity contribution >= 4 is 18.2 Å². The van der Waals surface area contributed by atoms with Crippen LogP contribution >= 0.6 is 0 Å². The van der Waals surface area contributed by atoms with Crippen molar-refractivity contribution in [3.8, 4) is 0 Å². The van der Waals surface area contributed by atoms with E-state index in [1.54, 1.807) is 25.7 Å². The molecule has 1 aromatic rings. The molecule has 2 heterocycles. The van der Waals surface area contributed by atoms with Gasteiger partial charge in [0.2, 0.25) is 0 Å². The summed E-state index contributed by atoms with van der Waals surface area (Å²) in [6, 6.07) is 2.41. The van der Waals surface area contributed by atoms with Gasteiger partial charge in [-0.05, 0) is 32.9 Å². The lowest BCUT2D eigenvalue weighted by atomic mass is 10.1. The van der Waals surface area contributed by atoms with E-state index in [9.17, 15) is 14.0 Å². The molecule has 0 atom stereocenters. The molecule has 1 amide bonds. The second-order valence-electron chi connectivity index (χ2n) is 5.91. The Morgan fingerprint density at radius 1 is 1.48 bits per heavy atom. The summed E-state index contributed by atoms with van der Waals surface area (Å²) in [5.41, 5.74) is -0.380. The molecule has 114 valence electrons. The van der Waals surface area contributed by atoms with Gasteiger partial charge in [0.25, 0.3) is 0 Å². The average Bonchev–Trinajstić information content (AvgIpc) is 2.32. The summed E-state index contributed by atoms with van der Waals surface area (Å²) in [5, 5.41) is 2.70. The molecule has 0 aromatic carbocycles. The number of hydrogen-bond acceptors (Lipinski definition) is 5. The quantitative estimate of drug-likeness (QED) is 0.860. The fourth-order valence-corrected chi connectivity index (χ4v) is 1.95. The number of halogens is 1. The predicted molar refractivity (Wildman–Crippen MR) is 75.0 cm³/mol. The van der Waals surface area contributed by atoms with Gasteiger partial charge in [0, 0.05) is 13.1 Å². The van der Waals surface area contributed by atoms with Crippen molar-refractivity contribution in [1.82, 2.24) is 10.3 Å². The molecule has 0 spiro atoms. The molecular weight excluding hydrogens is 277 g/mol. The Bertz CT molecular complexity index is 551. The topological polar surface area (TPSA) is 71.5 Å². The number of amides is 1. The molecule has 1 saturated heterocycles. The number of anilines is 1. The highest BCUT2D eigenvalue weighted by Crippen LogP contribution is 2.22. The van der Waals surface area contributed by atoms with E-state index in [2.05, 4.69) is 10.3 Å². The molecule has 6 nitrogen and oxygen atoms in total. The van der Waals surface area contributed by atoms with Crippen molar-refractivity contribution in [3.05, 3.63) is 23.6 Å². The Hall–Kier alpha value is -2.18. The molecule has 1 aliphatic heterocycles. The second-order valence-corrected chi connectivity index (χ2v) is 5.91. The molecule has 0 unspecified atom stereocenters. The molecule has 7 heteroatoms. The third-order valence-corrected chi connectivity index (χ3v) is 2.87. The normalized spacial score (nSPS) is 15.3. The number of carbonyl (C=O) groups is 2. The summed E-state index contributed by atoms with van der Waals surface area (Å²) in [7, 11) is 0. The Morgan fingerprint density at radius 2 is 2.14 bits per heavy atom.